The molecule has 0 saturated carbocycles. The minimum atomic E-state index is -0.0515. The summed E-state index contributed by atoms with van der Waals surface area (Å²) < 4.78 is 7.47. The molecule has 96 valence electrons. The molecule has 0 radical (unpaired) electrons. The van der Waals surface area contributed by atoms with Gasteiger partial charge in [-0.05, 0) is 41.4 Å². The molecular weight excluding hydrogens is 323 g/mol. The normalized spacial score (nSPS) is 11.0. The van der Waals surface area contributed by atoms with E-state index < -0.39 is 0 Å². The molecule has 2 rings (SSSR count). The number of nitrogens with zero attached hydrogens (tertiary/aromatic N) is 6. The first-order chi connectivity index (χ1) is 8.47. The van der Waals surface area contributed by atoms with E-state index in [1.54, 1.807) is 7.05 Å². The summed E-state index contributed by atoms with van der Waals surface area (Å²) in [5, 5.41) is 7.77. The van der Waals surface area contributed by atoms with Crippen molar-refractivity contribution >= 4 is 27.5 Å². The van der Waals surface area contributed by atoms with Crippen molar-refractivity contribution in [1.82, 2.24) is 29.9 Å². The molecular formula is C9H10BrClN6O. The summed E-state index contributed by atoms with van der Waals surface area (Å²) in [5.41, 5.74) is 0.605. The van der Waals surface area contributed by atoms with Crippen LogP contribution in [0.1, 0.15) is 13.8 Å². The summed E-state index contributed by atoms with van der Waals surface area (Å²) in [5.74, 6) is 0.352. The minimum absolute atomic E-state index is 0.0515. The molecule has 18 heavy (non-hydrogen) atoms. The summed E-state index contributed by atoms with van der Waals surface area (Å²) in [6.07, 6.45) is -0.0515. The third-order valence-corrected chi connectivity index (χ3v) is 2.63. The zero-order valence-corrected chi connectivity index (χ0v) is 12.3. The van der Waals surface area contributed by atoms with Crippen molar-refractivity contribution in [2.24, 2.45) is 7.05 Å². The third kappa shape index (κ3) is 2.75. The van der Waals surface area contributed by atoms with Crippen LogP contribution in [0.2, 0.25) is 5.28 Å². The molecule has 0 spiro atoms. The first-order valence-electron chi connectivity index (χ1n) is 5.11. The first-order valence-corrected chi connectivity index (χ1v) is 6.28. The van der Waals surface area contributed by atoms with Crippen molar-refractivity contribution in [3.63, 3.8) is 0 Å². The zero-order valence-electron chi connectivity index (χ0n) is 9.92. The SMILES string of the molecule is CC(C)Oc1nc(Cl)nc(-c2c(Br)nnn2C)n1. The van der Waals surface area contributed by atoms with Gasteiger partial charge >= 0.3 is 6.01 Å². The van der Waals surface area contributed by atoms with Gasteiger partial charge in [-0.1, -0.05) is 5.21 Å². The highest BCUT2D eigenvalue weighted by atomic mass is 79.9. The number of hydrogen-bond donors (Lipinski definition) is 0. The Morgan fingerprint density at radius 2 is 2.00 bits per heavy atom. The summed E-state index contributed by atoms with van der Waals surface area (Å²) in [6, 6.07) is 0.174. The maximum Gasteiger partial charge on any atom is 0.321 e. The zero-order chi connectivity index (χ0) is 13.3. The van der Waals surface area contributed by atoms with Crippen LogP contribution in [0.4, 0.5) is 0 Å². The van der Waals surface area contributed by atoms with Crippen LogP contribution in [0.15, 0.2) is 4.60 Å². The number of halogens is 2. The highest BCUT2D eigenvalue weighted by Gasteiger charge is 2.16. The Bertz CT molecular complexity index is 553. The van der Waals surface area contributed by atoms with Crippen LogP contribution >= 0.6 is 27.5 Å². The fourth-order valence-electron chi connectivity index (χ4n) is 1.27. The molecule has 0 aliphatic heterocycles. The quantitative estimate of drug-likeness (QED) is 0.853. The molecule has 7 nitrogen and oxygen atoms in total. The van der Waals surface area contributed by atoms with E-state index >= 15 is 0 Å². The maximum atomic E-state index is 5.85. The van der Waals surface area contributed by atoms with Gasteiger partial charge in [0.1, 0.15) is 5.69 Å². The van der Waals surface area contributed by atoms with Crippen LogP contribution in [0.3, 0.4) is 0 Å². The van der Waals surface area contributed by atoms with Crippen molar-refractivity contribution < 1.29 is 4.74 Å². The van der Waals surface area contributed by atoms with Crippen molar-refractivity contribution in [3.8, 4) is 17.5 Å². The van der Waals surface area contributed by atoms with E-state index in [9.17, 15) is 0 Å². The molecule has 0 aliphatic rings. The fourth-order valence-corrected chi connectivity index (χ4v) is 1.93. The Morgan fingerprint density at radius 1 is 1.28 bits per heavy atom. The Labute approximate surface area is 117 Å². The van der Waals surface area contributed by atoms with E-state index in [1.165, 1.54) is 4.68 Å². The Balaban J connectivity index is 2.48. The summed E-state index contributed by atoms with van der Waals surface area (Å²) >= 11 is 9.12. The predicted molar refractivity (Wildman–Crippen MR) is 68.3 cm³/mol. The lowest BCUT2D eigenvalue weighted by atomic mass is 10.4. The Morgan fingerprint density at radius 3 is 2.56 bits per heavy atom. The van der Waals surface area contributed by atoms with Crippen molar-refractivity contribution in [1.29, 1.82) is 0 Å². The lowest BCUT2D eigenvalue weighted by Crippen LogP contribution is -2.10. The second kappa shape index (κ2) is 5.15. The van der Waals surface area contributed by atoms with Crippen LogP contribution in [0, 0.1) is 0 Å². The van der Waals surface area contributed by atoms with Gasteiger partial charge in [0.15, 0.2) is 10.4 Å². The minimum Gasteiger partial charge on any atom is -0.461 e. The van der Waals surface area contributed by atoms with E-state index in [-0.39, 0.29) is 17.4 Å². The third-order valence-electron chi connectivity index (χ3n) is 1.93. The van der Waals surface area contributed by atoms with Gasteiger partial charge in [0.2, 0.25) is 5.28 Å². The molecule has 0 fully saturated rings. The number of aromatic nitrogens is 6. The molecule has 0 N–H and O–H groups in total. The van der Waals surface area contributed by atoms with E-state index in [0.29, 0.717) is 16.1 Å². The molecule has 0 amide bonds. The number of aryl methyl sites for hydroxylation is 1. The van der Waals surface area contributed by atoms with Crippen molar-refractivity contribution in [3.05, 3.63) is 9.89 Å². The molecule has 0 atom stereocenters. The van der Waals surface area contributed by atoms with Crippen LogP contribution < -0.4 is 4.74 Å². The van der Waals surface area contributed by atoms with E-state index in [4.69, 9.17) is 16.3 Å². The predicted octanol–water partition coefficient (Wildman–Crippen LogP) is 1.87. The molecule has 0 aromatic carbocycles. The van der Waals surface area contributed by atoms with Crippen molar-refractivity contribution in [2.45, 2.75) is 20.0 Å². The van der Waals surface area contributed by atoms with E-state index in [2.05, 4.69) is 41.2 Å². The molecule has 2 aromatic heterocycles. The summed E-state index contributed by atoms with van der Waals surface area (Å²) in [6.45, 7) is 3.75. The average molecular weight is 334 g/mol. The fraction of sp³-hybridized carbons (Fsp3) is 0.444. The summed E-state index contributed by atoms with van der Waals surface area (Å²) in [4.78, 5) is 12.1. The smallest absolute Gasteiger partial charge is 0.321 e. The van der Waals surface area contributed by atoms with Gasteiger partial charge in [-0.2, -0.15) is 15.0 Å². The second-order valence-corrected chi connectivity index (χ2v) is 4.82. The van der Waals surface area contributed by atoms with Gasteiger partial charge in [-0.25, -0.2) is 4.68 Å². The van der Waals surface area contributed by atoms with Gasteiger partial charge in [0.05, 0.1) is 6.10 Å². The molecule has 9 heteroatoms. The highest BCUT2D eigenvalue weighted by molar-refractivity contribution is 9.10. The molecule has 0 saturated heterocycles. The number of rotatable bonds is 3. The van der Waals surface area contributed by atoms with E-state index in [1.807, 2.05) is 13.8 Å². The number of hydrogen-bond acceptors (Lipinski definition) is 6. The van der Waals surface area contributed by atoms with Gasteiger partial charge in [0, 0.05) is 7.05 Å². The number of ether oxygens (including phenoxy) is 1. The Hall–Kier alpha value is -1.28. The summed E-state index contributed by atoms with van der Waals surface area (Å²) in [7, 11) is 1.73. The first kappa shape index (κ1) is 13.2. The highest BCUT2D eigenvalue weighted by Crippen LogP contribution is 2.24. The average Bonchev–Trinajstić information content (AvgIpc) is 2.56. The van der Waals surface area contributed by atoms with Crippen LogP contribution in [0.5, 0.6) is 6.01 Å². The molecule has 0 aliphatic carbocycles. The monoisotopic (exact) mass is 332 g/mol. The topological polar surface area (TPSA) is 78.6 Å². The van der Waals surface area contributed by atoms with Crippen LogP contribution in [0.25, 0.3) is 11.5 Å². The van der Waals surface area contributed by atoms with Crippen molar-refractivity contribution in [2.75, 3.05) is 0 Å². The molecule has 2 aromatic rings. The van der Waals surface area contributed by atoms with E-state index in [0.717, 1.165) is 0 Å². The van der Waals surface area contributed by atoms with Gasteiger partial charge in [0.25, 0.3) is 0 Å². The maximum absolute atomic E-state index is 5.85. The lowest BCUT2D eigenvalue weighted by molar-refractivity contribution is 0.221. The largest absolute Gasteiger partial charge is 0.461 e. The van der Waals surface area contributed by atoms with Crippen LogP contribution in [-0.2, 0) is 7.05 Å². The molecule has 0 bridgehead atoms. The van der Waals surface area contributed by atoms with Crippen LogP contribution in [-0.4, -0.2) is 36.0 Å². The lowest BCUT2D eigenvalue weighted by Gasteiger charge is -2.08. The van der Waals surface area contributed by atoms with Gasteiger partial charge in [-0.3, -0.25) is 0 Å². The van der Waals surface area contributed by atoms with Gasteiger partial charge < -0.3 is 4.74 Å². The molecule has 2 heterocycles. The standard InChI is InChI=1S/C9H10BrClN6O/c1-4(2)18-9-13-7(12-8(11)14-9)5-6(10)15-16-17(5)3/h4H,1-3H3. The van der Waals surface area contributed by atoms with Gasteiger partial charge in [-0.15, -0.1) is 5.10 Å². The molecule has 0 unspecified atom stereocenters. The second-order valence-electron chi connectivity index (χ2n) is 3.73. The Kier molecular flexibility index (Phi) is 3.76.